The van der Waals surface area contributed by atoms with Gasteiger partial charge in [-0.3, -0.25) is 48.4 Å². The van der Waals surface area contributed by atoms with Crippen molar-refractivity contribution in [3.05, 3.63) is 33.4 Å². The summed E-state index contributed by atoms with van der Waals surface area (Å²) in [5.74, 6) is -3.50. The Balaban J connectivity index is 2.22. The lowest BCUT2D eigenvalue weighted by Gasteiger charge is -2.34. The van der Waals surface area contributed by atoms with Gasteiger partial charge in [-0.05, 0) is 203 Å². The molecule has 2 rings (SSSR count). The molecule has 88 heavy (non-hydrogen) atoms. The van der Waals surface area contributed by atoms with E-state index in [1.165, 1.54) is 0 Å². The Labute approximate surface area is 538 Å². The van der Waals surface area contributed by atoms with E-state index in [1.54, 1.807) is 67.2 Å². The highest BCUT2D eigenvalue weighted by molar-refractivity contribution is 14.1. The second-order valence-corrected chi connectivity index (χ2v) is 29.8. The molecule has 1 aromatic rings. The lowest BCUT2D eigenvalue weighted by molar-refractivity contribution is -0.159. The fraction of sp³-hybridized carbons (Fsp3) is 0.766. The number of carbonyl (C=O) groups excluding carboxylic acids is 9. The molecule has 3 N–H and O–H groups in total. The molecular formula is C64H109IN8O15. The molecule has 0 bridgehead atoms. The highest BCUT2D eigenvalue weighted by Gasteiger charge is 2.33. The zero-order valence-corrected chi connectivity index (χ0v) is 58.6. The summed E-state index contributed by atoms with van der Waals surface area (Å²) in [4.78, 5) is 130. The number of carbonyl (C=O) groups is 9. The van der Waals surface area contributed by atoms with Crippen LogP contribution in [0.4, 0.5) is 4.79 Å². The Morgan fingerprint density at radius 3 is 1.20 bits per heavy atom. The number of esters is 6. The van der Waals surface area contributed by atoms with Crippen LogP contribution < -0.4 is 16.0 Å². The molecule has 0 aliphatic carbocycles. The van der Waals surface area contributed by atoms with Crippen LogP contribution in [0, 0.1) is 3.57 Å². The number of halogens is 1. The normalized spacial score (nSPS) is 15.7. The van der Waals surface area contributed by atoms with Gasteiger partial charge in [-0.15, -0.1) is 0 Å². The van der Waals surface area contributed by atoms with Gasteiger partial charge < -0.3 is 49.3 Å². The van der Waals surface area contributed by atoms with Crippen molar-refractivity contribution in [1.82, 2.24) is 40.4 Å². The number of unbranched alkanes of at least 4 members (excludes halogenated alkanes) is 2. The average Bonchev–Trinajstić information content (AvgIpc) is 3.51. The van der Waals surface area contributed by atoms with Gasteiger partial charge >= 0.3 is 41.8 Å². The number of nitrogens with zero attached hydrogens (tertiary/aromatic N) is 5. The molecule has 502 valence electrons. The number of ether oxygens (including phenoxy) is 6. The lowest BCUT2D eigenvalue weighted by atomic mass is 10.1. The number of rotatable bonds is 27. The van der Waals surface area contributed by atoms with Crippen LogP contribution in [-0.4, -0.2) is 215 Å². The largest absolute Gasteiger partial charge is 0.460 e. The minimum atomic E-state index is -1.24. The molecule has 0 aromatic heterocycles. The van der Waals surface area contributed by atoms with Crippen molar-refractivity contribution in [3.63, 3.8) is 0 Å². The SMILES string of the molecule is CC(C)(C)OC(=O)CC[C@H](NC(=O)N[C@@H](CCCCN(Cc1ccc(I)cc1)C(=O)CCCCNC(=O)CN1CCN(CC(=O)OC(C)(C)C)CCN(CC(=O)OC(C)(C)C)CCN(CC(=O)OC(C)(C)C)CC1)C(=O)OC(C)(C)C)C(=O)OC(C)(C)C. The van der Waals surface area contributed by atoms with Gasteiger partial charge in [-0.25, -0.2) is 14.4 Å². The minimum Gasteiger partial charge on any atom is -0.460 e. The third-order valence-corrected chi connectivity index (χ3v) is 13.3. The molecule has 0 radical (unpaired) electrons. The van der Waals surface area contributed by atoms with Crippen molar-refractivity contribution < 1.29 is 71.6 Å². The van der Waals surface area contributed by atoms with E-state index in [1.807, 2.05) is 106 Å². The zero-order chi connectivity index (χ0) is 66.8. The highest BCUT2D eigenvalue weighted by atomic mass is 127. The van der Waals surface area contributed by atoms with Gasteiger partial charge in [0.25, 0.3) is 0 Å². The molecule has 1 aromatic carbocycles. The fourth-order valence-corrected chi connectivity index (χ4v) is 9.30. The first-order valence-corrected chi connectivity index (χ1v) is 32.1. The maximum atomic E-state index is 14.1. The summed E-state index contributed by atoms with van der Waals surface area (Å²) >= 11 is 2.22. The van der Waals surface area contributed by atoms with Gasteiger partial charge in [0.15, 0.2) is 0 Å². The van der Waals surface area contributed by atoms with Crippen LogP contribution in [0.2, 0.25) is 0 Å². The molecule has 1 aliphatic heterocycles. The van der Waals surface area contributed by atoms with E-state index in [0.29, 0.717) is 97.7 Å². The van der Waals surface area contributed by atoms with Crippen LogP contribution >= 0.6 is 22.6 Å². The summed E-state index contributed by atoms with van der Waals surface area (Å²) in [5, 5.41) is 8.31. The van der Waals surface area contributed by atoms with E-state index >= 15 is 0 Å². The fourth-order valence-electron chi connectivity index (χ4n) is 8.94. The van der Waals surface area contributed by atoms with E-state index in [-0.39, 0.29) is 69.6 Å². The van der Waals surface area contributed by atoms with Gasteiger partial charge in [0.2, 0.25) is 11.8 Å². The first-order chi connectivity index (χ1) is 40.4. The first-order valence-electron chi connectivity index (χ1n) is 31.0. The predicted octanol–water partition coefficient (Wildman–Crippen LogP) is 7.17. The van der Waals surface area contributed by atoms with Crippen molar-refractivity contribution >= 4 is 76.3 Å². The summed E-state index contributed by atoms with van der Waals surface area (Å²) in [6.45, 7) is 35.9. The van der Waals surface area contributed by atoms with Crippen LogP contribution in [0.3, 0.4) is 0 Å². The Bertz CT molecular complexity index is 2360. The van der Waals surface area contributed by atoms with Crippen molar-refractivity contribution in [3.8, 4) is 0 Å². The Kier molecular flexibility index (Phi) is 32.8. The molecule has 0 spiro atoms. The molecule has 1 aliphatic rings. The van der Waals surface area contributed by atoms with E-state index < -0.39 is 81.6 Å². The van der Waals surface area contributed by atoms with E-state index in [0.717, 1.165) is 9.13 Å². The number of hydrogen-bond donors (Lipinski definition) is 3. The number of amides is 4. The van der Waals surface area contributed by atoms with Gasteiger partial charge in [-0.2, -0.15) is 0 Å². The molecule has 0 unspecified atom stereocenters. The number of urea groups is 1. The van der Waals surface area contributed by atoms with Crippen molar-refractivity contribution in [1.29, 1.82) is 0 Å². The zero-order valence-electron chi connectivity index (χ0n) is 56.5. The summed E-state index contributed by atoms with van der Waals surface area (Å²) < 4.78 is 34.8. The van der Waals surface area contributed by atoms with Crippen LogP contribution in [0.5, 0.6) is 0 Å². The molecule has 23 nitrogen and oxygen atoms in total. The van der Waals surface area contributed by atoms with Gasteiger partial charge in [0.1, 0.15) is 45.7 Å². The quantitative estimate of drug-likeness (QED) is 0.0341. The first kappa shape index (κ1) is 78.9. The molecular weight excluding hydrogens is 1250 g/mol. The monoisotopic (exact) mass is 1360 g/mol. The maximum absolute atomic E-state index is 14.1. The number of benzene rings is 1. The third kappa shape index (κ3) is 39.1. The van der Waals surface area contributed by atoms with E-state index in [2.05, 4.69) is 38.5 Å². The van der Waals surface area contributed by atoms with Crippen molar-refractivity contribution in [2.45, 2.75) is 228 Å². The minimum absolute atomic E-state index is 0.00250. The summed E-state index contributed by atoms with van der Waals surface area (Å²) in [7, 11) is 0. The van der Waals surface area contributed by atoms with Crippen LogP contribution in [0.15, 0.2) is 24.3 Å². The standard InChI is InChI=1S/C64H109IN8O15/c1-59(2,3)83-52(76)30-29-49(57(81)88-64(16,17)18)68-58(82)67-48(56(80)87-63(13,14)15)23-20-22-32-73(41-46-25-27-47(65)28-26-46)51(75)24-19-21-31-66-50(74)42-69-33-35-70(43-53(77)84-60(4,5)6)37-39-72(45-55(79)86-62(10,11)12)40-38-71(36-34-69)44-54(78)85-61(7,8)9/h25-28,48-49H,19-24,29-45H2,1-18H3,(H,66,74)(H2,67,68,82)/t48-,49-/m0/s1. The molecule has 0 saturated carbocycles. The van der Waals surface area contributed by atoms with Crippen LogP contribution in [-0.2, 0) is 73.3 Å². The Morgan fingerprint density at radius 1 is 0.455 bits per heavy atom. The Hall–Kier alpha value is -5.18. The third-order valence-electron chi connectivity index (χ3n) is 12.6. The molecule has 1 saturated heterocycles. The van der Waals surface area contributed by atoms with E-state index in [9.17, 15) is 43.2 Å². The second-order valence-electron chi connectivity index (χ2n) is 28.5. The molecule has 24 heteroatoms. The van der Waals surface area contributed by atoms with Crippen molar-refractivity contribution in [2.75, 3.05) is 91.6 Å². The van der Waals surface area contributed by atoms with E-state index in [4.69, 9.17) is 28.4 Å². The second kappa shape index (κ2) is 36.6. The average molecular weight is 1360 g/mol. The number of nitrogens with one attached hydrogen (secondary N) is 3. The summed E-state index contributed by atoms with van der Waals surface area (Å²) in [6.07, 6.45) is 1.91. The smallest absolute Gasteiger partial charge is 0.329 e. The van der Waals surface area contributed by atoms with Crippen molar-refractivity contribution in [2.24, 2.45) is 0 Å². The topological polar surface area (TPSA) is 261 Å². The van der Waals surface area contributed by atoms with Gasteiger partial charge in [-0.1, -0.05) is 12.1 Å². The molecule has 2 atom stereocenters. The molecule has 1 heterocycles. The maximum Gasteiger partial charge on any atom is 0.329 e. The molecule has 4 amide bonds. The van der Waals surface area contributed by atoms with Crippen LogP contribution in [0.1, 0.15) is 182 Å². The summed E-state index contributed by atoms with van der Waals surface area (Å²) in [5.41, 5.74) is -3.69. The summed E-state index contributed by atoms with van der Waals surface area (Å²) in [6, 6.07) is 4.66. The van der Waals surface area contributed by atoms with Gasteiger partial charge in [0, 0.05) is 88.4 Å². The molecule has 1 fully saturated rings. The number of hydrogen-bond acceptors (Lipinski definition) is 19. The van der Waals surface area contributed by atoms with Gasteiger partial charge in [0.05, 0.1) is 26.2 Å². The van der Waals surface area contributed by atoms with Crippen LogP contribution in [0.25, 0.3) is 0 Å². The lowest BCUT2D eigenvalue weighted by Crippen LogP contribution is -2.53. The Morgan fingerprint density at radius 2 is 0.818 bits per heavy atom. The predicted molar refractivity (Wildman–Crippen MR) is 345 cm³/mol. The highest BCUT2D eigenvalue weighted by Crippen LogP contribution is 2.19.